The summed E-state index contributed by atoms with van der Waals surface area (Å²) >= 11 is 0. The lowest BCUT2D eigenvalue weighted by Gasteiger charge is -2.04. The summed E-state index contributed by atoms with van der Waals surface area (Å²) in [6.45, 7) is 5.02. The third-order valence-electron chi connectivity index (χ3n) is 3.19. The van der Waals surface area contributed by atoms with Crippen LogP contribution in [-0.4, -0.2) is 22.4 Å². The molecule has 0 bridgehead atoms. The predicted octanol–water partition coefficient (Wildman–Crippen LogP) is 2.11. The number of hydrogen-bond acceptors (Lipinski definition) is 3. The number of H-pyrrole nitrogens is 1. The fraction of sp³-hybridized carbons (Fsp3) is 0.429. The molecule has 1 aliphatic rings. The molecule has 0 aliphatic carbocycles. The number of nitrogens with two attached hydrogens (primary N) is 1. The van der Waals surface area contributed by atoms with Gasteiger partial charge in [-0.1, -0.05) is 19.9 Å². The Kier molecular flexibility index (Phi) is 4.16. The van der Waals surface area contributed by atoms with Gasteiger partial charge >= 0.3 is 0 Å². The Labute approximate surface area is 112 Å². The van der Waals surface area contributed by atoms with Crippen LogP contribution in [0.15, 0.2) is 18.2 Å². The Hall–Kier alpha value is -1.88. The number of para-hydroxylation sites is 1. The van der Waals surface area contributed by atoms with E-state index in [9.17, 15) is 4.79 Å². The van der Waals surface area contributed by atoms with Crippen LogP contribution >= 0.6 is 0 Å². The zero-order valence-corrected chi connectivity index (χ0v) is 11.4. The van der Waals surface area contributed by atoms with Gasteiger partial charge in [-0.3, -0.25) is 4.79 Å². The fourth-order valence-corrected chi connectivity index (χ4v) is 2.33. The van der Waals surface area contributed by atoms with Crippen LogP contribution in [0.3, 0.4) is 0 Å². The molecule has 19 heavy (non-hydrogen) atoms. The van der Waals surface area contributed by atoms with Gasteiger partial charge in [0.25, 0.3) is 5.91 Å². The number of aromatic nitrogens is 2. The Bertz CT molecular complexity index is 570. The number of nitrogens with one attached hydrogen (secondary N) is 2. The molecule has 0 saturated carbocycles. The van der Waals surface area contributed by atoms with Gasteiger partial charge in [0.15, 0.2) is 0 Å². The Morgan fingerprint density at radius 3 is 2.84 bits per heavy atom. The van der Waals surface area contributed by atoms with Gasteiger partial charge in [0.05, 0.1) is 17.1 Å². The van der Waals surface area contributed by atoms with Gasteiger partial charge in [0.1, 0.15) is 11.3 Å². The average Bonchev–Trinajstić information content (AvgIpc) is 3.08. The van der Waals surface area contributed by atoms with E-state index in [4.69, 9.17) is 5.73 Å². The summed E-state index contributed by atoms with van der Waals surface area (Å²) in [4.78, 5) is 19.0. The maximum Gasteiger partial charge on any atom is 0.250 e. The van der Waals surface area contributed by atoms with Crippen LogP contribution in [0, 0.1) is 0 Å². The second-order valence-electron chi connectivity index (χ2n) is 4.34. The molecule has 1 aromatic carbocycles. The first-order valence-electron chi connectivity index (χ1n) is 6.77. The van der Waals surface area contributed by atoms with Crippen LogP contribution in [0.2, 0.25) is 0 Å². The Balaban J connectivity index is 0.000000637. The summed E-state index contributed by atoms with van der Waals surface area (Å²) in [6, 6.07) is 5.69. The summed E-state index contributed by atoms with van der Waals surface area (Å²) in [5.41, 5.74) is 7.34. The van der Waals surface area contributed by atoms with E-state index in [1.165, 1.54) is 0 Å². The number of fused-ring (bicyclic) bond motifs is 1. The summed E-state index contributed by atoms with van der Waals surface area (Å²) in [5, 5.41) is 3.37. The number of carbonyl (C=O) groups is 1. The second-order valence-corrected chi connectivity index (χ2v) is 4.34. The number of hydrogen-bond donors (Lipinski definition) is 3. The molecular weight excluding hydrogens is 240 g/mol. The normalized spacial score (nSPS) is 18.1. The molecule has 1 atom stereocenters. The number of rotatable bonds is 2. The average molecular weight is 260 g/mol. The molecule has 1 amide bonds. The van der Waals surface area contributed by atoms with Crippen molar-refractivity contribution in [2.45, 2.75) is 32.7 Å². The lowest BCUT2D eigenvalue weighted by molar-refractivity contribution is 0.100. The first-order chi connectivity index (χ1) is 9.25. The van der Waals surface area contributed by atoms with Gasteiger partial charge in [0.2, 0.25) is 0 Å². The molecular formula is C14H20N4O. The van der Waals surface area contributed by atoms with Gasteiger partial charge < -0.3 is 16.0 Å². The third kappa shape index (κ3) is 2.61. The number of primary amides is 1. The molecule has 3 rings (SSSR count). The zero-order chi connectivity index (χ0) is 13.8. The van der Waals surface area contributed by atoms with Crippen LogP contribution in [0.4, 0.5) is 0 Å². The second kappa shape index (κ2) is 5.84. The number of imidazole rings is 1. The van der Waals surface area contributed by atoms with Crippen molar-refractivity contribution in [2.24, 2.45) is 5.73 Å². The van der Waals surface area contributed by atoms with E-state index >= 15 is 0 Å². The molecule has 1 aliphatic heterocycles. The summed E-state index contributed by atoms with van der Waals surface area (Å²) in [7, 11) is 0. The van der Waals surface area contributed by atoms with E-state index in [2.05, 4.69) is 15.3 Å². The third-order valence-corrected chi connectivity index (χ3v) is 3.19. The van der Waals surface area contributed by atoms with E-state index in [0.717, 1.165) is 30.7 Å². The van der Waals surface area contributed by atoms with Crippen LogP contribution in [-0.2, 0) is 0 Å². The highest BCUT2D eigenvalue weighted by atomic mass is 16.1. The molecule has 2 aromatic rings. The van der Waals surface area contributed by atoms with Crippen molar-refractivity contribution in [2.75, 3.05) is 6.54 Å². The van der Waals surface area contributed by atoms with Crippen molar-refractivity contribution in [1.29, 1.82) is 0 Å². The molecule has 1 aromatic heterocycles. The van der Waals surface area contributed by atoms with Gasteiger partial charge in [-0.2, -0.15) is 0 Å². The Morgan fingerprint density at radius 2 is 2.21 bits per heavy atom. The van der Waals surface area contributed by atoms with Gasteiger partial charge in [-0.15, -0.1) is 0 Å². The lowest BCUT2D eigenvalue weighted by atomic mass is 10.2. The van der Waals surface area contributed by atoms with Gasteiger partial charge in [0, 0.05) is 0 Å². The first kappa shape index (κ1) is 13.5. The molecule has 1 saturated heterocycles. The molecule has 102 valence electrons. The fourth-order valence-electron chi connectivity index (χ4n) is 2.33. The van der Waals surface area contributed by atoms with E-state index < -0.39 is 5.91 Å². The van der Waals surface area contributed by atoms with E-state index in [1.807, 2.05) is 26.0 Å². The minimum absolute atomic E-state index is 0.267. The van der Waals surface area contributed by atoms with Crippen molar-refractivity contribution in [1.82, 2.24) is 15.3 Å². The monoisotopic (exact) mass is 260 g/mol. The van der Waals surface area contributed by atoms with Crippen LogP contribution < -0.4 is 11.1 Å². The van der Waals surface area contributed by atoms with Crippen LogP contribution in [0.1, 0.15) is 48.9 Å². The molecule has 5 nitrogen and oxygen atoms in total. The maximum atomic E-state index is 11.3. The standard InChI is InChI=1S/C12H14N4O.C2H6/c13-11(17)7-3-1-4-8-10(7)16-12(15-8)9-5-2-6-14-9;1-2/h1,3-4,9,14H,2,5-6H2,(H2,13,17)(H,15,16);1-2H3. The van der Waals surface area contributed by atoms with Crippen molar-refractivity contribution < 1.29 is 4.79 Å². The molecule has 0 radical (unpaired) electrons. The topological polar surface area (TPSA) is 83.8 Å². The summed E-state index contributed by atoms with van der Waals surface area (Å²) in [6.07, 6.45) is 2.23. The van der Waals surface area contributed by atoms with Crippen molar-refractivity contribution in [3.63, 3.8) is 0 Å². The SMILES string of the molecule is CC.NC(=O)c1cccc2[nH]c(C3CCCN3)nc12. The molecule has 1 fully saturated rings. The number of carbonyl (C=O) groups excluding carboxylic acids is 1. The number of amides is 1. The number of nitrogens with zero attached hydrogens (tertiary/aromatic N) is 1. The molecule has 0 spiro atoms. The lowest BCUT2D eigenvalue weighted by Crippen LogP contribution is -2.14. The first-order valence-corrected chi connectivity index (χ1v) is 6.77. The minimum atomic E-state index is -0.437. The molecule has 5 heteroatoms. The number of benzene rings is 1. The maximum absolute atomic E-state index is 11.3. The van der Waals surface area contributed by atoms with Gasteiger partial charge in [-0.05, 0) is 31.5 Å². The Morgan fingerprint density at radius 1 is 1.42 bits per heavy atom. The molecule has 4 N–H and O–H groups in total. The van der Waals surface area contributed by atoms with Gasteiger partial charge in [-0.25, -0.2) is 4.98 Å². The largest absolute Gasteiger partial charge is 0.366 e. The van der Waals surface area contributed by atoms with Crippen molar-refractivity contribution >= 4 is 16.9 Å². The highest BCUT2D eigenvalue weighted by Gasteiger charge is 2.20. The quantitative estimate of drug-likeness (QED) is 0.773. The zero-order valence-electron chi connectivity index (χ0n) is 11.4. The highest BCUT2D eigenvalue weighted by Crippen LogP contribution is 2.24. The predicted molar refractivity (Wildman–Crippen MR) is 75.9 cm³/mol. The summed E-state index contributed by atoms with van der Waals surface area (Å²) < 4.78 is 0. The van der Waals surface area contributed by atoms with Crippen molar-refractivity contribution in [3.8, 4) is 0 Å². The number of aromatic amines is 1. The smallest absolute Gasteiger partial charge is 0.250 e. The van der Waals surface area contributed by atoms with Crippen LogP contribution in [0.5, 0.6) is 0 Å². The summed E-state index contributed by atoms with van der Waals surface area (Å²) in [5.74, 6) is 0.458. The molecule has 1 unspecified atom stereocenters. The van der Waals surface area contributed by atoms with Crippen LogP contribution in [0.25, 0.3) is 11.0 Å². The van der Waals surface area contributed by atoms with Crippen molar-refractivity contribution in [3.05, 3.63) is 29.6 Å². The highest BCUT2D eigenvalue weighted by molar-refractivity contribution is 6.04. The van der Waals surface area contributed by atoms with E-state index in [0.29, 0.717) is 11.1 Å². The molecule has 2 heterocycles. The van der Waals surface area contributed by atoms with E-state index in [1.54, 1.807) is 6.07 Å². The minimum Gasteiger partial charge on any atom is -0.366 e. The van der Waals surface area contributed by atoms with E-state index in [-0.39, 0.29) is 6.04 Å².